The Morgan fingerprint density at radius 2 is 1.63 bits per heavy atom. The van der Waals surface area contributed by atoms with Gasteiger partial charge in [-0.2, -0.15) is 0 Å². The molecule has 0 aliphatic heterocycles. The number of carboxylic acids is 1. The summed E-state index contributed by atoms with van der Waals surface area (Å²) in [7, 11) is 0. The molecule has 3 rings (SSSR count). The second kappa shape index (κ2) is 11.8. The molecule has 2 aromatic carbocycles. The second-order valence-electron chi connectivity index (χ2n) is 8.58. The van der Waals surface area contributed by atoms with Crippen LogP contribution >= 0.6 is 0 Å². The first-order chi connectivity index (χ1) is 16.7. The first-order valence-electron chi connectivity index (χ1n) is 11.5. The molecule has 0 saturated carbocycles. The molecular weight excluding hydrogens is 448 g/mol. The van der Waals surface area contributed by atoms with E-state index >= 15 is 0 Å². The van der Waals surface area contributed by atoms with Crippen LogP contribution in [0.25, 0.3) is 10.9 Å². The van der Waals surface area contributed by atoms with Gasteiger partial charge >= 0.3 is 5.97 Å². The fourth-order valence-corrected chi connectivity index (χ4v) is 3.88. The number of rotatable bonds is 13. The number of ketones is 1. The molecule has 0 aliphatic rings. The normalized spacial score (nSPS) is 11.8. The monoisotopic (exact) mass is 478 g/mol. The first kappa shape index (κ1) is 25.5. The van der Waals surface area contributed by atoms with Gasteiger partial charge in [-0.1, -0.05) is 42.8 Å². The van der Waals surface area contributed by atoms with Gasteiger partial charge in [0.15, 0.2) is 5.75 Å². The van der Waals surface area contributed by atoms with Gasteiger partial charge in [-0.05, 0) is 36.1 Å². The number of aromatic amines is 1. The van der Waals surface area contributed by atoms with Crippen LogP contribution in [0, 0.1) is 5.41 Å². The lowest BCUT2D eigenvalue weighted by Crippen LogP contribution is -2.42. The minimum atomic E-state index is -1.20. The molecule has 9 nitrogen and oxygen atoms in total. The predicted octanol–water partition coefficient (Wildman–Crippen LogP) is 3.30. The van der Waals surface area contributed by atoms with Crippen molar-refractivity contribution < 1.29 is 24.6 Å². The second-order valence-corrected chi connectivity index (χ2v) is 8.58. The van der Waals surface area contributed by atoms with Crippen LogP contribution in [0.1, 0.15) is 53.7 Å². The lowest BCUT2D eigenvalue weighted by atomic mass is 10.00. The number of amides is 1. The molecule has 0 saturated heterocycles. The van der Waals surface area contributed by atoms with Gasteiger partial charge in [-0.15, -0.1) is 0 Å². The summed E-state index contributed by atoms with van der Waals surface area (Å²) >= 11 is 0. The van der Waals surface area contributed by atoms with Crippen molar-refractivity contribution in [2.24, 2.45) is 5.73 Å². The highest BCUT2D eigenvalue weighted by Gasteiger charge is 2.24. The number of nitrogens with two attached hydrogens (primary N) is 1. The molecule has 1 atom stereocenters. The van der Waals surface area contributed by atoms with Crippen LogP contribution in [-0.2, 0) is 22.4 Å². The number of Topliss-reactive ketones (excluding diaryl/α,β-unsaturated/α-hetero) is 1. The van der Waals surface area contributed by atoms with E-state index in [0.29, 0.717) is 35.7 Å². The first-order valence-corrected chi connectivity index (χ1v) is 11.5. The molecule has 0 spiro atoms. The summed E-state index contributed by atoms with van der Waals surface area (Å²) < 4.78 is 0. The zero-order valence-corrected chi connectivity index (χ0v) is 19.3. The number of carboxylic acid groups (broad SMARTS) is 1. The molecule has 0 unspecified atom stereocenters. The van der Waals surface area contributed by atoms with Gasteiger partial charge < -0.3 is 26.2 Å². The van der Waals surface area contributed by atoms with Crippen molar-refractivity contribution in [1.82, 2.24) is 10.3 Å². The molecule has 1 heterocycles. The average Bonchev–Trinajstić information content (AvgIpc) is 3.16. The molecule has 1 amide bonds. The van der Waals surface area contributed by atoms with Gasteiger partial charge in [0.2, 0.25) is 0 Å². The van der Waals surface area contributed by atoms with Crippen LogP contribution in [0.15, 0.2) is 48.5 Å². The maximum absolute atomic E-state index is 12.7. The molecule has 1 aromatic heterocycles. The van der Waals surface area contributed by atoms with E-state index < -0.39 is 17.9 Å². The lowest BCUT2D eigenvalue weighted by Gasteiger charge is -2.14. The van der Waals surface area contributed by atoms with E-state index in [1.165, 1.54) is 0 Å². The number of carbonyl (C=O) groups is 3. The Morgan fingerprint density at radius 1 is 0.971 bits per heavy atom. The molecule has 0 radical (unpaired) electrons. The quantitative estimate of drug-likeness (QED) is 0.125. The third-order valence-electron chi connectivity index (χ3n) is 5.77. The van der Waals surface area contributed by atoms with E-state index in [1.54, 1.807) is 48.5 Å². The zero-order chi connectivity index (χ0) is 25.4. The highest BCUT2D eigenvalue weighted by atomic mass is 16.4. The van der Waals surface area contributed by atoms with Gasteiger partial charge in [0.25, 0.3) is 5.91 Å². The van der Waals surface area contributed by atoms with Crippen LogP contribution in [-0.4, -0.2) is 44.7 Å². The van der Waals surface area contributed by atoms with Crippen molar-refractivity contribution in [2.75, 3.05) is 0 Å². The minimum Gasteiger partial charge on any atom is -0.505 e. The number of carbonyl (C=O) groups excluding carboxylic acids is 2. The van der Waals surface area contributed by atoms with E-state index in [1.807, 2.05) is 0 Å². The molecule has 3 aromatic rings. The minimum absolute atomic E-state index is 0.0481. The number of aromatic hydroxyl groups is 1. The Kier molecular flexibility index (Phi) is 8.61. The topological polar surface area (TPSA) is 169 Å². The number of benzene rings is 2. The number of unbranched alkanes of at least 4 members (excludes halogenated alkanes) is 2. The maximum atomic E-state index is 12.7. The standard InChI is InChI=1S/C26H30N4O5/c27-22(28)9-3-1-2-6-18(31)14-16-10-12-17(13-11-16)15-21(26(34)35)30-25(33)23-24(32)19-7-4-5-8-20(19)29-23/h4-5,7-8,10-13,21,29,32H,1-3,6,9,14-15H2,(H3,27,28)(H,30,33)(H,34,35)/t21-/m0/s1. The Hall–Kier alpha value is -4.14. The van der Waals surface area contributed by atoms with Crippen molar-refractivity contribution in [1.29, 1.82) is 5.41 Å². The van der Waals surface area contributed by atoms with Crippen LogP contribution in [0.4, 0.5) is 0 Å². The zero-order valence-electron chi connectivity index (χ0n) is 19.3. The number of H-pyrrole nitrogens is 1. The van der Waals surface area contributed by atoms with Crippen molar-refractivity contribution in [3.05, 3.63) is 65.4 Å². The summed E-state index contributed by atoms with van der Waals surface area (Å²) in [5.41, 5.74) is 7.33. The molecule has 0 fully saturated rings. The van der Waals surface area contributed by atoms with E-state index in [0.717, 1.165) is 24.8 Å². The number of fused-ring (bicyclic) bond motifs is 1. The summed E-state index contributed by atoms with van der Waals surface area (Å²) in [6.07, 6.45) is 3.78. The molecule has 0 aliphatic carbocycles. The number of aromatic nitrogens is 1. The lowest BCUT2D eigenvalue weighted by molar-refractivity contribution is -0.139. The highest BCUT2D eigenvalue weighted by Crippen LogP contribution is 2.28. The largest absolute Gasteiger partial charge is 0.505 e. The summed E-state index contributed by atoms with van der Waals surface area (Å²) in [5.74, 6) is -1.85. The molecule has 0 bridgehead atoms. The number of hydrogen-bond donors (Lipinski definition) is 6. The fourth-order valence-electron chi connectivity index (χ4n) is 3.88. The predicted molar refractivity (Wildman–Crippen MR) is 133 cm³/mol. The number of para-hydroxylation sites is 1. The highest BCUT2D eigenvalue weighted by molar-refractivity contribution is 6.04. The number of nitrogens with one attached hydrogen (secondary N) is 3. The van der Waals surface area contributed by atoms with Crippen molar-refractivity contribution in [2.45, 2.75) is 51.0 Å². The fraction of sp³-hybridized carbons (Fsp3) is 0.308. The smallest absolute Gasteiger partial charge is 0.326 e. The summed E-state index contributed by atoms with van der Waals surface area (Å²) in [6, 6.07) is 12.7. The van der Waals surface area contributed by atoms with Crippen LogP contribution in [0.3, 0.4) is 0 Å². The van der Waals surface area contributed by atoms with Gasteiger partial charge in [-0.3, -0.25) is 15.0 Å². The molecule has 9 heteroatoms. The van der Waals surface area contributed by atoms with Crippen molar-refractivity contribution in [3.8, 4) is 5.75 Å². The molecule has 184 valence electrons. The van der Waals surface area contributed by atoms with Gasteiger partial charge in [-0.25, -0.2) is 4.79 Å². The molecule has 7 N–H and O–H groups in total. The summed E-state index contributed by atoms with van der Waals surface area (Å²) in [5, 5.41) is 30.1. The Balaban J connectivity index is 1.55. The maximum Gasteiger partial charge on any atom is 0.326 e. The average molecular weight is 479 g/mol. The van der Waals surface area contributed by atoms with Crippen LogP contribution in [0.5, 0.6) is 5.75 Å². The Labute approximate surface area is 202 Å². The Morgan fingerprint density at radius 3 is 2.29 bits per heavy atom. The van der Waals surface area contributed by atoms with Crippen molar-refractivity contribution >= 4 is 34.4 Å². The Bertz CT molecular complexity index is 1220. The third kappa shape index (κ3) is 7.17. The van der Waals surface area contributed by atoms with E-state index in [9.17, 15) is 24.6 Å². The van der Waals surface area contributed by atoms with Crippen molar-refractivity contribution in [3.63, 3.8) is 0 Å². The van der Waals surface area contributed by atoms with E-state index in [2.05, 4.69) is 10.3 Å². The van der Waals surface area contributed by atoms with Gasteiger partial charge in [0.1, 0.15) is 17.5 Å². The SMILES string of the molecule is N=C(N)CCCCCC(=O)Cc1ccc(C[C@H](NC(=O)c2[nH]c3ccccc3c2O)C(=O)O)cc1. The summed E-state index contributed by atoms with van der Waals surface area (Å²) in [4.78, 5) is 39.4. The van der Waals surface area contributed by atoms with Gasteiger partial charge in [0, 0.05) is 36.6 Å². The number of hydrogen-bond acceptors (Lipinski definition) is 5. The molecule has 35 heavy (non-hydrogen) atoms. The van der Waals surface area contributed by atoms with E-state index in [4.69, 9.17) is 11.1 Å². The number of amidine groups is 1. The molecular formula is C26H30N4O5. The van der Waals surface area contributed by atoms with Crippen LogP contribution in [0.2, 0.25) is 0 Å². The van der Waals surface area contributed by atoms with Gasteiger partial charge in [0.05, 0.1) is 5.84 Å². The summed E-state index contributed by atoms with van der Waals surface area (Å²) in [6.45, 7) is 0. The van der Waals surface area contributed by atoms with Crippen LogP contribution < -0.4 is 11.1 Å². The number of aliphatic carboxylic acids is 1. The van der Waals surface area contributed by atoms with E-state index in [-0.39, 0.29) is 29.5 Å². The third-order valence-corrected chi connectivity index (χ3v) is 5.77.